The molecule has 0 aliphatic carbocycles. The van der Waals surface area contributed by atoms with Crippen LogP contribution < -0.4 is 9.47 Å². The fourth-order valence-electron chi connectivity index (χ4n) is 4.80. The first-order valence-electron chi connectivity index (χ1n) is 11.1. The second-order valence-corrected chi connectivity index (χ2v) is 8.59. The smallest absolute Gasteiger partial charge is 0.255 e. The third-order valence-corrected chi connectivity index (χ3v) is 6.62. The second kappa shape index (κ2) is 7.98. The summed E-state index contributed by atoms with van der Waals surface area (Å²) in [6.07, 6.45) is 3.28. The molecule has 1 fully saturated rings. The number of rotatable bonds is 2. The number of amides is 2. The molecule has 6 rings (SSSR count). The van der Waals surface area contributed by atoms with Gasteiger partial charge in [-0.3, -0.25) is 19.4 Å². The van der Waals surface area contributed by atoms with Gasteiger partial charge in [0.1, 0.15) is 6.04 Å². The number of hydrogen-bond donors (Lipinski definition) is 0. The average Bonchev–Trinajstić information content (AvgIpc) is 3.32. The molecule has 1 saturated heterocycles. The van der Waals surface area contributed by atoms with Crippen LogP contribution in [0.15, 0.2) is 60.9 Å². The van der Waals surface area contributed by atoms with Crippen molar-refractivity contribution in [1.29, 1.82) is 0 Å². The van der Waals surface area contributed by atoms with Gasteiger partial charge in [0.05, 0.1) is 5.56 Å². The highest BCUT2D eigenvalue weighted by molar-refractivity contribution is 6.04. The predicted octanol–water partition coefficient (Wildman–Crippen LogP) is 2.57. The molecule has 0 saturated carbocycles. The van der Waals surface area contributed by atoms with Crippen LogP contribution in [0.1, 0.15) is 26.3 Å². The molecule has 34 heavy (non-hydrogen) atoms. The van der Waals surface area contributed by atoms with Crippen LogP contribution in [-0.4, -0.2) is 64.9 Å². The number of piperazine rings is 1. The van der Waals surface area contributed by atoms with Gasteiger partial charge in [-0.25, -0.2) is 0 Å². The molecular formula is C26H21N3O5. The SMILES string of the molecule is O=C1Cc2ccc(-c3ccc4c(c3)OCO4)cc2C(=O)N2CCN(C(=O)c3cccnc3)C[C@H]12. The first-order chi connectivity index (χ1) is 16.6. The van der Waals surface area contributed by atoms with E-state index in [0.717, 1.165) is 11.1 Å². The van der Waals surface area contributed by atoms with Gasteiger partial charge < -0.3 is 19.3 Å². The lowest BCUT2D eigenvalue weighted by Crippen LogP contribution is -2.58. The zero-order chi connectivity index (χ0) is 23.2. The van der Waals surface area contributed by atoms with Crippen LogP contribution in [0.2, 0.25) is 0 Å². The first-order valence-corrected chi connectivity index (χ1v) is 11.1. The maximum Gasteiger partial charge on any atom is 0.255 e. The molecule has 3 aromatic rings. The molecule has 8 nitrogen and oxygen atoms in total. The van der Waals surface area contributed by atoms with Gasteiger partial charge in [0.25, 0.3) is 11.8 Å². The van der Waals surface area contributed by atoms with Crippen LogP contribution in [0, 0.1) is 0 Å². The monoisotopic (exact) mass is 455 g/mol. The highest BCUT2D eigenvalue weighted by Crippen LogP contribution is 2.37. The van der Waals surface area contributed by atoms with Crippen molar-refractivity contribution in [2.75, 3.05) is 26.4 Å². The largest absolute Gasteiger partial charge is 0.454 e. The minimum Gasteiger partial charge on any atom is -0.454 e. The van der Waals surface area contributed by atoms with Crippen molar-refractivity contribution >= 4 is 17.6 Å². The van der Waals surface area contributed by atoms with Gasteiger partial charge in [0.2, 0.25) is 6.79 Å². The highest BCUT2D eigenvalue weighted by Gasteiger charge is 2.40. The molecule has 170 valence electrons. The zero-order valence-electron chi connectivity index (χ0n) is 18.3. The Bertz CT molecular complexity index is 1320. The number of nitrogens with zero attached hydrogens (tertiary/aromatic N) is 3. The first kappa shape index (κ1) is 20.4. The van der Waals surface area contributed by atoms with Crippen LogP contribution in [0.25, 0.3) is 11.1 Å². The molecule has 2 aromatic carbocycles. The van der Waals surface area contributed by atoms with Crippen LogP contribution in [0.4, 0.5) is 0 Å². The topological polar surface area (TPSA) is 89.0 Å². The number of carbonyl (C=O) groups excluding carboxylic acids is 3. The number of aromatic nitrogens is 1. The summed E-state index contributed by atoms with van der Waals surface area (Å²) >= 11 is 0. The molecule has 0 N–H and O–H groups in total. The van der Waals surface area contributed by atoms with E-state index >= 15 is 0 Å². The van der Waals surface area contributed by atoms with Gasteiger partial charge >= 0.3 is 0 Å². The van der Waals surface area contributed by atoms with E-state index in [1.807, 2.05) is 36.4 Å². The number of ketones is 1. The molecule has 3 aliphatic heterocycles. The summed E-state index contributed by atoms with van der Waals surface area (Å²) in [5.41, 5.74) is 3.47. The Labute approximate surface area is 195 Å². The maximum absolute atomic E-state index is 13.5. The lowest BCUT2D eigenvalue weighted by molar-refractivity contribution is -0.124. The fraction of sp³-hybridized carbons (Fsp3) is 0.231. The standard InChI is InChI=1S/C26H21N3O5/c30-22-11-18-4-3-16(17-5-6-23-24(12-17)34-15-33-23)10-20(18)26(32)29-9-8-28(14-21(22)29)25(31)19-2-1-7-27-13-19/h1-7,10,12-13,21H,8-9,11,14-15H2/t21-/m1/s1. The van der Waals surface area contributed by atoms with Crippen LogP contribution in [0.3, 0.4) is 0 Å². The van der Waals surface area contributed by atoms with E-state index in [2.05, 4.69) is 4.98 Å². The number of ether oxygens (including phenoxy) is 2. The predicted molar refractivity (Wildman–Crippen MR) is 122 cm³/mol. The van der Waals surface area contributed by atoms with E-state index in [0.29, 0.717) is 41.3 Å². The summed E-state index contributed by atoms with van der Waals surface area (Å²) in [6.45, 7) is 1.04. The number of benzene rings is 2. The average molecular weight is 455 g/mol. The summed E-state index contributed by atoms with van der Waals surface area (Å²) in [5, 5.41) is 0. The van der Waals surface area contributed by atoms with Crippen LogP contribution in [-0.2, 0) is 11.2 Å². The summed E-state index contributed by atoms with van der Waals surface area (Å²) in [6, 6.07) is 14.0. The molecule has 0 radical (unpaired) electrons. The van der Waals surface area contributed by atoms with Gasteiger partial charge in [0.15, 0.2) is 17.3 Å². The number of pyridine rings is 1. The molecule has 0 bridgehead atoms. The van der Waals surface area contributed by atoms with E-state index in [1.54, 1.807) is 28.1 Å². The van der Waals surface area contributed by atoms with Crippen LogP contribution >= 0.6 is 0 Å². The third-order valence-electron chi connectivity index (χ3n) is 6.62. The summed E-state index contributed by atoms with van der Waals surface area (Å²) in [7, 11) is 0. The van der Waals surface area contributed by atoms with E-state index in [9.17, 15) is 14.4 Å². The van der Waals surface area contributed by atoms with Crippen molar-refractivity contribution in [3.8, 4) is 22.6 Å². The van der Waals surface area contributed by atoms with E-state index in [1.165, 1.54) is 6.20 Å². The van der Waals surface area contributed by atoms with Crippen molar-refractivity contribution in [2.45, 2.75) is 12.5 Å². The lowest BCUT2D eigenvalue weighted by atomic mass is 9.96. The van der Waals surface area contributed by atoms with Gasteiger partial charge in [-0.05, 0) is 47.0 Å². The van der Waals surface area contributed by atoms with Crippen molar-refractivity contribution < 1.29 is 23.9 Å². The number of carbonyl (C=O) groups is 3. The lowest BCUT2D eigenvalue weighted by Gasteiger charge is -2.39. The molecule has 4 heterocycles. The van der Waals surface area contributed by atoms with Crippen molar-refractivity contribution in [3.05, 3.63) is 77.6 Å². The Morgan fingerprint density at radius 2 is 1.79 bits per heavy atom. The van der Waals surface area contributed by atoms with E-state index in [4.69, 9.17) is 9.47 Å². The van der Waals surface area contributed by atoms with Gasteiger partial charge in [-0.15, -0.1) is 0 Å². The van der Waals surface area contributed by atoms with E-state index in [-0.39, 0.29) is 37.4 Å². The zero-order valence-corrected chi connectivity index (χ0v) is 18.3. The minimum atomic E-state index is -0.664. The minimum absolute atomic E-state index is 0.0633. The second-order valence-electron chi connectivity index (χ2n) is 8.59. The Morgan fingerprint density at radius 3 is 2.65 bits per heavy atom. The van der Waals surface area contributed by atoms with Crippen LogP contribution in [0.5, 0.6) is 11.5 Å². The molecule has 2 amide bonds. The molecule has 1 atom stereocenters. The Morgan fingerprint density at radius 1 is 0.971 bits per heavy atom. The third kappa shape index (κ3) is 3.39. The van der Waals surface area contributed by atoms with Gasteiger partial charge in [0, 0.05) is 44.0 Å². The fourth-order valence-corrected chi connectivity index (χ4v) is 4.80. The van der Waals surface area contributed by atoms with Gasteiger partial charge in [-0.1, -0.05) is 18.2 Å². The highest BCUT2D eigenvalue weighted by atomic mass is 16.7. The molecule has 8 heteroatoms. The number of Topliss-reactive ketones (excluding diaryl/α,β-unsaturated/α-hetero) is 1. The molecule has 1 aromatic heterocycles. The van der Waals surface area contributed by atoms with Crippen molar-refractivity contribution in [1.82, 2.24) is 14.8 Å². The van der Waals surface area contributed by atoms with Crippen molar-refractivity contribution in [3.63, 3.8) is 0 Å². The summed E-state index contributed by atoms with van der Waals surface area (Å²) < 4.78 is 10.9. The van der Waals surface area contributed by atoms with E-state index < -0.39 is 6.04 Å². The Kier molecular flexibility index (Phi) is 4.79. The molecule has 3 aliphatic rings. The Balaban J connectivity index is 1.29. The Hall–Kier alpha value is -4.20. The van der Waals surface area contributed by atoms with Crippen molar-refractivity contribution in [2.24, 2.45) is 0 Å². The maximum atomic E-state index is 13.5. The summed E-state index contributed by atoms with van der Waals surface area (Å²) in [4.78, 5) is 46.9. The quantitative estimate of drug-likeness (QED) is 0.590. The molecule has 0 spiro atoms. The number of hydrogen-bond acceptors (Lipinski definition) is 6. The summed E-state index contributed by atoms with van der Waals surface area (Å²) in [5.74, 6) is 0.943. The van der Waals surface area contributed by atoms with Gasteiger partial charge in [-0.2, -0.15) is 0 Å². The molecular weight excluding hydrogens is 434 g/mol. The number of fused-ring (bicyclic) bond motifs is 3. The normalized spacial score (nSPS) is 18.9. The molecule has 0 unspecified atom stereocenters.